The summed E-state index contributed by atoms with van der Waals surface area (Å²) in [6, 6.07) is 13.2. The molecule has 25 heavy (non-hydrogen) atoms. The number of halogens is 1. The van der Waals surface area contributed by atoms with Crippen LogP contribution in [0.2, 0.25) is 0 Å². The van der Waals surface area contributed by atoms with Crippen LogP contribution >= 0.6 is 0 Å². The molecular weight excluding hydrogens is 319 g/mol. The number of carbonyl (C=O) groups is 2. The number of anilines is 1. The summed E-state index contributed by atoms with van der Waals surface area (Å²) in [7, 11) is 0. The van der Waals surface area contributed by atoms with Crippen LogP contribution in [0.5, 0.6) is 0 Å². The van der Waals surface area contributed by atoms with Crippen molar-refractivity contribution < 1.29 is 14.0 Å². The molecule has 1 N–H and O–H groups in total. The minimum absolute atomic E-state index is 0.0432. The first kappa shape index (κ1) is 17.1. The number of rotatable bonds is 4. The number of nitrogens with zero attached hydrogens (tertiary/aromatic N) is 1. The van der Waals surface area contributed by atoms with Gasteiger partial charge in [0.25, 0.3) is 0 Å². The van der Waals surface area contributed by atoms with Crippen molar-refractivity contribution in [1.82, 2.24) is 4.90 Å². The summed E-state index contributed by atoms with van der Waals surface area (Å²) in [5.41, 5.74) is 2.00. The van der Waals surface area contributed by atoms with Gasteiger partial charge < -0.3 is 10.2 Å². The number of carbonyl (C=O) groups excluding carboxylic acids is 2. The molecule has 5 heteroatoms. The van der Waals surface area contributed by atoms with Crippen LogP contribution in [0.15, 0.2) is 48.5 Å². The minimum atomic E-state index is -0.491. The Hall–Kier alpha value is -2.69. The van der Waals surface area contributed by atoms with Crippen molar-refractivity contribution in [2.45, 2.75) is 32.2 Å². The number of nitrogens with one attached hydrogen (secondary N) is 1. The van der Waals surface area contributed by atoms with Crippen molar-refractivity contribution in [3.63, 3.8) is 0 Å². The van der Waals surface area contributed by atoms with E-state index in [-0.39, 0.29) is 18.4 Å². The van der Waals surface area contributed by atoms with Gasteiger partial charge in [0.2, 0.25) is 11.8 Å². The molecule has 0 unspecified atom stereocenters. The molecule has 130 valence electrons. The van der Waals surface area contributed by atoms with Crippen LogP contribution in [-0.4, -0.2) is 23.3 Å². The molecule has 0 spiro atoms. The van der Waals surface area contributed by atoms with Crippen molar-refractivity contribution in [3.8, 4) is 0 Å². The first-order valence-corrected chi connectivity index (χ1v) is 8.54. The van der Waals surface area contributed by atoms with Gasteiger partial charge >= 0.3 is 0 Å². The van der Waals surface area contributed by atoms with Gasteiger partial charge in [0, 0.05) is 17.7 Å². The van der Waals surface area contributed by atoms with E-state index in [9.17, 15) is 14.0 Å². The van der Waals surface area contributed by atoms with Crippen LogP contribution in [0.4, 0.5) is 10.1 Å². The Morgan fingerprint density at radius 2 is 2.00 bits per heavy atom. The average Bonchev–Trinajstić information content (AvgIpc) is 2.76. The lowest BCUT2D eigenvalue weighted by Crippen LogP contribution is -2.38. The zero-order chi connectivity index (χ0) is 17.8. The van der Waals surface area contributed by atoms with Gasteiger partial charge in [0.15, 0.2) is 0 Å². The molecule has 0 saturated heterocycles. The molecular formula is C20H21FN2O2. The summed E-state index contributed by atoms with van der Waals surface area (Å²) in [4.78, 5) is 26.6. The van der Waals surface area contributed by atoms with Crippen LogP contribution in [0.3, 0.4) is 0 Å². The fraction of sp³-hybridized carbons (Fsp3) is 0.300. The molecule has 2 aromatic rings. The molecule has 0 bridgehead atoms. The summed E-state index contributed by atoms with van der Waals surface area (Å²) in [5.74, 6) is -0.754. The molecule has 0 aliphatic carbocycles. The second kappa shape index (κ2) is 7.47. The lowest BCUT2D eigenvalue weighted by molar-refractivity contribution is -0.136. The van der Waals surface area contributed by atoms with E-state index in [1.807, 2.05) is 37.3 Å². The lowest BCUT2D eigenvalue weighted by Gasteiger charge is -2.30. The maximum absolute atomic E-state index is 13.9. The van der Waals surface area contributed by atoms with E-state index in [0.717, 1.165) is 18.4 Å². The van der Waals surface area contributed by atoms with Crippen molar-refractivity contribution in [2.24, 2.45) is 0 Å². The van der Waals surface area contributed by atoms with Gasteiger partial charge in [-0.05, 0) is 30.2 Å². The number of benzene rings is 2. The highest BCUT2D eigenvalue weighted by atomic mass is 19.1. The van der Waals surface area contributed by atoms with Gasteiger partial charge in [-0.2, -0.15) is 0 Å². The monoisotopic (exact) mass is 340 g/mol. The van der Waals surface area contributed by atoms with E-state index in [1.165, 1.54) is 12.1 Å². The third-order valence-electron chi connectivity index (χ3n) is 4.39. The predicted molar refractivity (Wildman–Crippen MR) is 94.6 cm³/mol. The zero-order valence-electron chi connectivity index (χ0n) is 14.2. The number of fused-ring (bicyclic) bond motifs is 1. The molecule has 0 saturated carbocycles. The fourth-order valence-corrected chi connectivity index (χ4v) is 3.18. The molecule has 1 heterocycles. The highest BCUT2D eigenvalue weighted by molar-refractivity contribution is 5.97. The number of unbranched alkanes of at least 4 members (excludes halogenated alkanes) is 1. The van der Waals surface area contributed by atoms with E-state index in [0.29, 0.717) is 17.7 Å². The highest BCUT2D eigenvalue weighted by Crippen LogP contribution is 2.36. The molecule has 2 amide bonds. The van der Waals surface area contributed by atoms with E-state index >= 15 is 0 Å². The maximum atomic E-state index is 13.9. The minimum Gasteiger partial charge on any atom is -0.324 e. The number of amides is 2. The largest absolute Gasteiger partial charge is 0.324 e. The van der Waals surface area contributed by atoms with Crippen molar-refractivity contribution in [2.75, 3.05) is 11.9 Å². The van der Waals surface area contributed by atoms with Crippen molar-refractivity contribution in [3.05, 3.63) is 65.5 Å². The van der Waals surface area contributed by atoms with Gasteiger partial charge in [-0.1, -0.05) is 43.7 Å². The third-order valence-corrected chi connectivity index (χ3v) is 4.39. The highest BCUT2D eigenvalue weighted by Gasteiger charge is 2.33. The van der Waals surface area contributed by atoms with E-state index < -0.39 is 11.9 Å². The molecule has 0 radical (unpaired) electrons. The average molecular weight is 340 g/mol. The summed E-state index contributed by atoms with van der Waals surface area (Å²) in [6.07, 6.45) is 2.03. The maximum Gasteiger partial charge on any atom is 0.244 e. The smallest absolute Gasteiger partial charge is 0.244 e. The standard InChI is InChI=1S/C20H21FN2O2/c1-2-3-9-19(25)23-13-18(24)22-17-11-10-15(21)12-16(17)20(23)14-7-5-4-6-8-14/h4-8,10-12,20H,2-3,9,13H2,1H3,(H,22,24)/t20-/m0/s1. The summed E-state index contributed by atoms with van der Waals surface area (Å²) in [6.45, 7) is 1.97. The van der Waals surface area contributed by atoms with Crippen LogP contribution in [-0.2, 0) is 9.59 Å². The molecule has 1 aliphatic rings. The summed E-state index contributed by atoms with van der Waals surface area (Å²) >= 11 is 0. The first-order chi connectivity index (χ1) is 12.1. The van der Waals surface area contributed by atoms with Crippen LogP contribution in [0, 0.1) is 5.82 Å². The van der Waals surface area contributed by atoms with E-state index in [2.05, 4.69) is 5.32 Å². The van der Waals surface area contributed by atoms with Gasteiger partial charge in [-0.25, -0.2) is 4.39 Å². The molecule has 2 aromatic carbocycles. The molecule has 1 aliphatic heterocycles. The zero-order valence-corrected chi connectivity index (χ0v) is 14.2. The lowest BCUT2D eigenvalue weighted by atomic mass is 9.95. The number of hydrogen-bond donors (Lipinski definition) is 1. The van der Waals surface area contributed by atoms with Crippen LogP contribution in [0.1, 0.15) is 43.4 Å². The van der Waals surface area contributed by atoms with Gasteiger partial charge in [-0.3, -0.25) is 9.59 Å². The normalized spacial score (nSPS) is 16.8. The Kier molecular flexibility index (Phi) is 5.12. The quantitative estimate of drug-likeness (QED) is 0.918. The van der Waals surface area contributed by atoms with Crippen LogP contribution < -0.4 is 5.32 Å². The Bertz CT molecular complexity index is 777. The molecule has 4 nitrogen and oxygen atoms in total. The number of hydrogen-bond acceptors (Lipinski definition) is 2. The molecule has 0 fully saturated rings. The van der Waals surface area contributed by atoms with Gasteiger partial charge in [-0.15, -0.1) is 0 Å². The summed E-state index contributed by atoms with van der Waals surface area (Å²) in [5, 5.41) is 2.79. The third kappa shape index (κ3) is 3.71. The van der Waals surface area contributed by atoms with Gasteiger partial charge in [0.1, 0.15) is 12.4 Å². The predicted octanol–water partition coefficient (Wildman–Crippen LogP) is 3.89. The Morgan fingerprint density at radius 1 is 1.24 bits per heavy atom. The van der Waals surface area contributed by atoms with Crippen molar-refractivity contribution in [1.29, 1.82) is 0 Å². The summed E-state index contributed by atoms with van der Waals surface area (Å²) < 4.78 is 13.9. The van der Waals surface area contributed by atoms with E-state index in [4.69, 9.17) is 0 Å². The Balaban J connectivity index is 2.12. The molecule has 0 aromatic heterocycles. The Morgan fingerprint density at radius 3 is 2.72 bits per heavy atom. The van der Waals surface area contributed by atoms with Crippen LogP contribution in [0.25, 0.3) is 0 Å². The second-order valence-electron chi connectivity index (χ2n) is 6.22. The fourth-order valence-electron chi connectivity index (χ4n) is 3.18. The van der Waals surface area contributed by atoms with Gasteiger partial charge in [0.05, 0.1) is 6.04 Å². The topological polar surface area (TPSA) is 49.4 Å². The van der Waals surface area contributed by atoms with Crippen molar-refractivity contribution >= 4 is 17.5 Å². The first-order valence-electron chi connectivity index (χ1n) is 8.54. The Labute approximate surface area is 146 Å². The molecule has 1 atom stereocenters. The molecule has 3 rings (SSSR count). The van der Waals surface area contributed by atoms with E-state index in [1.54, 1.807) is 11.0 Å². The SMILES string of the molecule is CCCCC(=O)N1CC(=O)Nc2ccc(F)cc2[C@@H]1c1ccccc1. The second-order valence-corrected chi connectivity index (χ2v) is 6.22.